The zero-order valence-corrected chi connectivity index (χ0v) is 10.7. The van der Waals surface area contributed by atoms with E-state index in [0.29, 0.717) is 6.61 Å². The van der Waals surface area contributed by atoms with E-state index in [9.17, 15) is 4.79 Å². The van der Waals surface area contributed by atoms with E-state index in [-0.39, 0.29) is 5.97 Å². The summed E-state index contributed by atoms with van der Waals surface area (Å²) in [6.07, 6.45) is 8.47. The lowest BCUT2D eigenvalue weighted by Crippen LogP contribution is -2.01. The molecule has 0 spiro atoms. The van der Waals surface area contributed by atoms with Crippen LogP contribution in [-0.2, 0) is 14.4 Å². The molecule has 0 aromatic heterocycles. The predicted octanol–water partition coefficient (Wildman–Crippen LogP) is 2.83. The van der Waals surface area contributed by atoms with E-state index in [1.165, 1.54) is 12.5 Å². The number of ether oxygens (including phenoxy) is 1. The predicted molar refractivity (Wildman–Crippen MR) is 66.9 cm³/mol. The van der Waals surface area contributed by atoms with Crippen LogP contribution in [0.1, 0.15) is 45.4 Å². The highest BCUT2D eigenvalue weighted by Crippen LogP contribution is 2.21. The van der Waals surface area contributed by atoms with Crippen molar-refractivity contribution >= 4 is 11.7 Å². The number of hydrogen-bond donors (Lipinski definition) is 0. The minimum absolute atomic E-state index is 0.196. The number of esters is 1. The van der Waals surface area contributed by atoms with Crippen molar-refractivity contribution in [3.8, 4) is 0 Å². The summed E-state index contributed by atoms with van der Waals surface area (Å²) in [5.74, 6) is -0.196. The fourth-order valence-corrected chi connectivity index (χ4v) is 1.93. The Hall–Kier alpha value is -1.32. The Balaban J connectivity index is 2.10. The third-order valence-corrected chi connectivity index (χ3v) is 2.74. The third-order valence-electron chi connectivity index (χ3n) is 2.74. The van der Waals surface area contributed by atoms with Gasteiger partial charge in [-0.3, -0.25) is 4.79 Å². The zero-order chi connectivity index (χ0) is 12.5. The molecule has 0 aromatic carbocycles. The van der Waals surface area contributed by atoms with Gasteiger partial charge in [0.25, 0.3) is 0 Å². The smallest absolute Gasteiger partial charge is 0.302 e. The van der Waals surface area contributed by atoms with Crippen LogP contribution in [0.4, 0.5) is 0 Å². The molecule has 0 saturated carbocycles. The number of allylic oxidation sites excluding steroid dienone is 2. The van der Waals surface area contributed by atoms with E-state index >= 15 is 0 Å². The molecule has 0 unspecified atom stereocenters. The third kappa shape index (κ3) is 5.52. The Morgan fingerprint density at radius 2 is 2.24 bits per heavy atom. The van der Waals surface area contributed by atoms with Gasteiger partial charge in [0, 0.05) is 6.92 Å². The first kappa shape index (κ1) is 13.7. The SMILES string of the molecule is CO/N=C1/CCC=C1CCCCCOC(C)=O. The molecule has 4 nitrogen and oxygen atoms in total. The maximum Gasteiger partial charge on any atom is 0.302 e. The lowest BCUT2D eigenvalue weighted by molar-refractivity contribution is -0.141. The van der Waals surface area contributed by atoms with Crippen molar-refractivity contribution < 1.29 is 14.4 Å². The van der Waals surface area contributed by atoms with E-state index < -0.39 is 0 Å². The normalized spacial score (nSPS) is 17.1. The molecule has 1 aliphatic rings. The van der Waals surface area contributed by atoms with Gasteiger partial charge in [-0.05, 0) is 44.1 Å². The van der Waals surface area contributed by atoms with Gasteiger partial charge in [0.15, 0.2) is 0 Å². The van der Waals surface area contributed by atoms with Gasteiger partial charge in [0.05, 0.1) is 12.3 Å². The van der Waals surface area contributed by atoms with Crippen LogP contribution in [0.25, 0.3) is 0 Å². The van der Waals surface area contributed by atoms with Crippen LogP contribution in [0.5, 0.6) is 0 Å². The largest absolute Gasteiger partial charge is 0.466 e. The average Bonchev–Trinajstić information content (AvgIpc) is 2.71. The lowest BCUT2D eigenvalue weighted by atomic mass is 10.1. The molecule has 96 valence electrons. The van der Waals surface area contributed by atoms with E-state index in [2.05, 4.69) is 11.2 Å². The van der Waals surface area contributed by atoms with Gasteiger partial charge in [-0.1, -0.05) is 11.2 Å². The van der Waals surface area contributed by atoms with E-state index in [0.717, 1.165) is 44.2 Å². The molecular formula is C13H21NO3. The number of rotatable bonds is 7. The summed E-state index contributed by atoms with van der Waals surface area (Å²) in [4.78, 5) is 15.4. The number of nitrogens with zero attached hydrogens (tertiary/aromatic N) is 1. The molecular weight excluding hydrogens is 218 g/mol. The molecule has 17 heavy (non-hydrogen) atoms. The summed E-state index contributed by atoms with van der Waals surface area (Å²) in [6.45, 7) is 1.98. The Kier molecular flexibility index (Phi) is 6.37. The number of hydrogen-bond acceptors (Lipinski definition) is 4. The van der Waals surface area contributed by atoms with Crippen molar-refractivity contribution in [3.63, 3.8) is 0 Å². The minimum atomic E-state index is -0.196. The van der Waals surface area contributed by atoms with Crippen molar-refractivity contribution in [2.45, 2.75) is 45.4 Å². The average molecular weight is 239 g/mol. The number of unbranched alkanes of at least 4 members (excludes halogenated alkanes) is 2. The quantitative estimate of drug-likeness (QED) is 0.390. The van der Waals surface area contributed by atoms with Crippen molar-refractivity contribution in [1.82, 2.24) is 0 Å². The first-order valence-electron chi connectivity index (χ1n) is 6.17. The second kappa shape index (κ2) is 7.87. The van der Waals surface area contributed by atoms with Crippen LogP contribution in [0.3, 0.4) is 0 Å². The van der Waals surface area contributed by atoms with Gasteiger partial charge in [-0.15, -0.1) is 0 Å². The second-order valence-electron chi connectivity index (χ2n) is 4.14. The van der Waals surface area contributed by atoms with E-state index in [1.807, 2.05) is 0 Å². The topological polar surface area (TPSA) is 47.9 Å². The molecule has 1 rings (SSSR count). The first-order chi connectivity index (χ1) is 8.24. The van der Waals surface area contributed by atoms with Gasteiger partial charge in [0.1, 0.15) is 7.11 Å². The fourth-order valence-electron chi connectivity index (χ4n) is 1.93. The fraction of sp³-hybridized carbons (Fsp3) is 0.692. The zero-order valence-electron chi connectivity index (χ0n) is 10.7. The molecule has 0 radical (unpaired) electrons. The maximum absolute atomic E-state index is 10.5. The van der Waals surface area contributed by atoms with Crippen molar-refractivity contribution in [1.29, 1.82) is 0 Å². The maximum atomic E-state index is 10.5. The van der Waals surface area contributed by atoms with Gasteiger partial charge in [-0.2, -0.15) is 0 Å². The Bertz CT molecular complexity index is 308. The number of carbonyl (C=O) groups excluding carboxylic acids is 1. The summed E-state index contributed by atoms with van der Waals surface area (Å²) in [7, 11) is 1.59. The summed E-state index contributed by atoms with van der Waals surface area (Å²) in [6, 6.07) is 0. The van der Waals surface area contributed by atoms with Crippen LogP contribution in [0.2, 0.25) is 0 Å². The van der Waals surface area contributed by atoms with Gasteiger partial charge >= 0.3 is 5.97 Å². The lowest BCUT2D eigenvalue weighted by Gasteiger charge is -2.04. The molecule has 0 atom stereocenters. The minimum Gasteiger partial charge on any atom is -0.466 e. The Morgan fingerprint density at radius 3 is 2.94 bits per heavy atom. The van der Waals surface area contributed by atoms with E-state index in [4.69, 9.17) is 9.57 Å². The van der Waals surface area contributed by atoms with Crippen LogP contribution in [0.15, 0.2) is 16.8 Å². The molecule has 0 N–H and O–H groups in total. The molecule has 0 heterocycles. The van der Waals surface area contributed by atoms with Crippen molar-refractivity contribution in [2.24, 2.45) is 5.16 Å². The monoisotopic (exact) mass is 239 g/mol. The van der Waals surface area contributed by atoms with Crippen LogP contribution in [-0.4, -0.2) is 25.4 Å². The molecule has 0 saturated heterocycles. The number of carbonyl (C=O) groups is 1. The summed E-state index contributed by atoms with van der Waals surface area (Å²) < 4.78 is 4.88. The molecule has 4 heteroatoms. The van der Waals surface area contributed by atoms with Crippen molar-refractivity contribution in [2.75, 3.05) is 13.7 Å². The number of oxime groups is 1. The molecule has 0 aromatic rings. The summed E-state index contributed by atoms with van der Waals surface area (Å²) in [5.41, 5.74) is 2.41. The first-order valence-corrected chi connectivity index (χ1v) is 6.17. The molecule has 0 amide bonds. The van der Waals surface area contributed by atoms with Crippen LogP contribution >= 0.6 is 0 Å². The van der Waals surface area contributed by atoms with Crippen LogP contribution < -0.4 is 0 Å². The highest BCUT2D eigenvalue weighted by atomic mass is 16.6. The molecule has 1 aliphatic carbocycles. The van der Waals surface area contributed by atoms with Crippen LogP contribution in [0, 0.1) is 0 Å². The molecule has 0 bridgehead atoms. The second-order valence-corrected chi connectivity index (χ2v) is 4.14. The highest BCUT2D eigenvalue weighted by molar-refractivity contribution is 6.01. The Labute approximate surface area is 103 Å². The summed E-state index contributed by atoms with van der Waals surface area (Å²) in [5, 5.41) is 4.02. The van der Waals surface area contributed by atoms with E-state index in [1.54, 1.807) is 7.11 Å². The highest BCUT2D eigenvalue weighted by Gasteiger charge is 2.13. The van der Waals surface area contributed by atoms with Gasteiger partial charge in [0.2, 0.25) is 0 Å². The Morgan fingerprint density at radius 1 is 1.41 bits per heavy atom. The molecule has 0 fully saturated rings. The summed E-state index contributed by atoms with van der Waals surface area (Å²) >= 11 is 0. The standard InChI is InChI=1S/C13H21NO3/c1-11(15)17-10-5-3-4-7-12-8-6-9-13(12)14-16-2/h8H,3-7,9-10H2,1-2H3/b14-13-. The van der Waals surface area contributed by atoms with Gasteiger partial charge < -0.3 is 9.57 Å². The molecule has 0 aliphatic heterocycles. The van der Waals surface area contributed by atoms with Crippen molar-refractivity contribution in [3.05, 3.63) is 11.6 Å². The van der Waals surface area contributed by atoms with Gasteiger partial charge in [-0.25, -0.2) is 0 Å².